The van der Waals surface area contributed by atoms with Gasteiger partial charge in [0.05, 0.1) is 12.7 Å². The highest BCUT2D eigenvalue weighted by Gasteiger charge is 2.79. The Kier molecular flexibility index (Phi) is 2.38. The van der Waals surface area contributed by atoms with Crippen molar-refractivity contribution in [3.05, 3.63) is 0 Å². The topological polar surface area (TPSA) is 61.8 Å². The van der Waals surface area contributed by atoms with Crippen molar-refractivity contribution in [3.8, 4) is 0 Å². The number of hydrogen-bond acceptors (Lipinski definition) is 5. The molecule has 1 heterocycles. The first-order valence-corrected chi connectivity index (χ1v) is 6.44. The Morgan fingerprint density at radius 2 is 2.17 bits per heavy atom. The zero-order chi connectivity index (χ0) is 13.1. The Morgan fingerprint density at radius 1 is 1.44 bits per heavy atom. The summed E-state index contributed by atoms with van der Waals surface area (Å²) < 4.78 is 16.8. The summed E-state index contributed by atoms with van der Waals surface area (Å²) in [5, 5.41) is 0. The van der Waals surface area contributed by atoms with E-state index in [1.165, 1.54) is 0 Å². The molecule has 0 aromatic heterocycles. The molecule has 1 aliphatic heterocycles. The summed E-state index contributed by atoms with van der Waals surface area (Å²) in [4.78, 5) is 23.4. The van der Waals surface area contributed by atoms with Gasteiger partial charge < -0.3 is 19.0 Å². The van der Waals surface area contributed by atoms with Gasteiger partial charge in [-0.25, -0.2) is 0 Å². The van der Waals surface area contributed by atoms with Gasteiger partial charge in [0.15, 0.2) is 5.79 Å². The predicted molar refractivity (Wildman–Crippen MR) is 60.6 cm³/mol. The van der Waals surface area contributed by atoms with Crippen LogP contribution in [0.1, 0.15) is 27.2 Å². The van der Waals surface area contributed by atoms with Gasteiger partial charge in [0.2, 0.25) is 0 Å². The first kappa shape index (κ1) is 12.1. The molecule has 18 heavy (non-hydrogen) atoms. The summed E-state index contributed by atoms with van der Waals surface area (Å²) in [6.45, 7) is 5.75. The first-order chi connectivity index (χ1) is 8.46. The van der Waals surface area contributed by atoms with E-state index in [9.17, 15) is 9.59 Å². The van der Waals surface area contributed by atoms with Crippen LogP contribution >= 0.6 is 0 Å². The van der Waals surface area contributed by atoms with E-state index in [1.807, 2.05) is 13.8 Å². The molecule has 0 aromatic rings. The van der Waals surface area contributed by atoms with Crippen LogP contribution in [0.4, 0.5) is 0 Å². The molecule has 3 aliphatic rings. The van der Waals surface area contributed by atoms with E-state index in [1.54, 1.807) is 6.92 Å². The molecule has 2 aliphatic carbocycles. The second-order valence-corrected chi connectivity index (χ2v) is 5.81. The third-order valence-corrected chi connectivity index (χ3v) is 4.35. The van der Waals surface area contributed by atoms with Crippen LogP contribution in [0.3, 0.4) is 0 Å². The molecule has 0 amide bonds. The van der Waals surface area contributed by atoms with Gasteiger partial charge in [-0.2, -0.15) is 0 Å². The molecule has 5 atom stereocenters. The lowest BCUT2D eigenvalue weighted by atomic mass is 9.98. The molecule has 5 heteroatoms. The molecule has 3 fully saturated rings. The Balaban J connectivity index is 1.91. The minimum absolute atomic E-state index is 0.0279. The normalized spacial score (nSPS) is 47.3. The summed E-state index contributed by atoms with van der Waals surface area (Å²) in [6, 6.07) is 0. The van der Waals surface area contributed by atoms with Gasteiger partial charge in [0.1, 0.15) is 17.8 Å². The van der Waals surface area contributed by atoms with Crippen molar-refractivity contribution in [2.75, 3.05) is 6.61 Å². The van der Waals surface area contributed by atoms with Crippen LogP contribution in [-0.2, 0) is 23.8 Å². The average Bonchev–Trinajstić information content (AvgIpc) is 2.86. The SMILES string of the molecule is CCOC(=O)[C@@]12C[C@H]1[C@H](C=O)[C@H]1OC(C)(C)O[C@H]12. The number of ether oxygens (including phenoxy) is 3. The molecule has 0 N–H and O–H groups in total. The Labute approximate surface area is 106 Å². The molecule has 0 spiro atoms. The van der Waals surface area contributed by atoms with E-state index in [0.717, 1.165) is 6.29 Å². The van der Waals surface area contributed by atoms with Crippen molar-refractivity contribution in [2.45, 2.75) is 45.2 Å². The molecular formula is C13H18O5. The monoisotopic (exact) mass is 254 g/mol. The molecule has 2 saturated carbocycles. The zero-order valence-corrected chi connectivity index (χ0v) is 10.8. The lowest BCUT2D eigenvalue weighted by Crippen LogP contribution is -2.36. The van der Waals surface area contributed by atoms with Gasteiger partial charge in [-0.3, -0.25) is 4.79 Å². The third kappa shape index (κ3) is 1.34. The Bertz CT molecular complexity index is 404. The summed E-state index contributed by atoms with van der Waals surface area (Å²) in [5.74, 6) is -1.19. The highest BCUT2D eigenvalue weighted by Crippen LogP contribution is 2.70. The van der Waals surface area contributed by atoms with Crippen molar-refractivity contribution in [3.63, 3.8) is 0 Å². The largest absolute Gasteiger partial charge is 0.465 e. The van der Waals surface area contributed by atoms with E-state index in [-0.39, 0.29) is 30.0 Å². The van der Waals surface area contributed by atoms with Crippen LogP contribution in [0.2, 0.25) is 0 Å². The zero-order valence-electron chi connectivity index (χ0n) is 10.8. The Hall–Kier alpha value is -0.940. The van der Waals surface area contributed by atoms with Crippen LogP contribution < -0.4 is 0 Å². The fourth-order valence-electron chi connectivity index (χ4n) is 3.60. The second kappa shape index (κ2) is 3.54. The van der Waals surface area contributed by atoms with E-state index in [2.05, 4.69) is 0 Å². The van der Waals surface area contributed by atoms with Crippen molar-refractivity contribution >= 4 is 12.3 Å². The maximum Gasteiger partial charge on any atom is 0.315 e. The Morgan fingerprint density at radius 3 is 2.78 bits per heavy atom. The van der Waals surface area contributed by atoms with Crippen molar-refractivity contribution in [2.24, 2.45) is 17.3 Å². The van der Waals surface area contributed by atoms with Gasteiger partial charge in [-0.1, -0.05) is 0 Å². The first-order valence-electron chi connectivity index (χ1n) is 6.44. The number of fused-ring (bicyclic) bond motifs is 3. The van der Waals surface area contributed by atoms with Crippen molar-refractivity contribution in [1.29, 1.82) is 0 Å². The summed E-state index contributed by atoms with van der Waals surface area (Å²) in [6.07, 6.45) is 0.934. The molecule has 0 unspecified atom stereocenters. The van der Waals surface area contributed by atoms with Crippen LogP contribution in [-0.4, -0.2) is 36.9 Å². The molecule has 0 radical (unpaired) electrons. The highest BCUT2D eigenvalue weighted by molar-refractivity contribution is 5.84. The predicted octanol–water partition coefficient (Wildman–Crippen LogP) is 0.905. The average molecular weight is 254 g/mol. The van der Waals surface area contributed by atoms with Gasteiger partial charge in [-0.15, -0.1) is 0 Å². The minimum atomic E-state index is -0.732. The molecule has 1 saturated heterocycles. The van der Waals surface area contributed by atoms with Gasteiger partial charge >= 0.3 is 5.97 Å². The van der Waals surface area contributed by atoms with E-state index >= 15 is 0 Å². The number of rotatable bonds is 3. The maximum atomic E-state index is 12.2. The lowest BCUT2D eigenvalue weighted by Gasteiger charge is -2.22. The number of carbonyl (C=O) groups is 2. The summed E-state index contributed by atoms with van der Waals surface area (Å²) >= 11 is 0. The number of carbonyl (C=O) groups excluding carboxylic acids is 2. The fraction of sp³-hybridized carbons (Fsp3) is 0.846. The van der Waals surface area contributed by atoms with Crippen molar-refractivity contribution in [1.82, 2.24) is 0 Å². The van der Waals surface area contributed by atoms with Gasteiger partial charge in [0.25, 0.3) is 0 Å². The third-order valence-electron chi connectivity index (χ3n) is 4.35. The summed E-state index contributed by atoms with van der Waals surface area (Å²) in [5.41, 5.74) is -0.639. The molecule has 5 nitrogen and oxygen atoms in total. The van der Waals surface area contributed by atoms with Crippen molar-refractivity contribution < 1.29 is 23.8 Å². The van der Waals surface area contributed by atoms with Crippen LogP contribution in [0.25, 0.3) is 0 Å². The van der Waals surface area contributed by atoms with Crippen LogP contribution in [0, 0.1) is 17.3 Å². The summed E-state index contributed by atoms with van der Waals surface area (Å²) in [7, 11) is 0. The number of esters is 1. The van der Waals surface area contributed by atoms with Crippen LogP contribution in [0.5, 0.6) is 0 Å². The smallest absolute Gasteiger partial charge is 0.315 e. The fourth-order valence-corrected chi connectivity index (χ4v) is 3.60. The van der Waals surface area contributed by atoms with E-state index in [0.29, 0.717) is 13.0 Å². The molecule has 0 aromatic carbocycles. The quantitative estimate of drug-likeness (QED) is 0.553. The molecule has 3 rings (SSSR count). The van der Waals surface area contributed by atoms with E-state index < -0.39 is 11.2 Å². The number of aldehydes is 1. The second-order valence-electron chi connectivity index (χ2n) is 5.81. The number of hydrogen-bond donors (Lipinski definition) is 0. The maximum absolute atomic E-state index is 12.2. The minimum Gasteiger partial charge on any atom is -0.465 e. The van der Waals surface area contributed by atoms with E-state index in [4.69, 9.17) is 14.2 Å². The van der Waals surface area contributed by atoms with Gasteiger partial charge in [0, 0.05) is 5.92 Å². The highest BCUT2D eigenvalue weighted by atomic mass is 16.8. The standard InChI is InChI=1S/C13H18O5/c1-4-16-11(15)13-5-8(13)7(6-14)9-10(13)18-12(2,3)17-9/h6-10H,4-5H2,1-3H3/t7-,8-,9+,10+,13-/m0/s1. The lowest BCUT2D eigenvalue weighted by molar-refractivity contribution is -0.173. The molecule has 100 valence electrons. The van der Waals surface area contributed by atoms with Gasteiger partial charge in [-0.05, 0) is 33.1 Å². The molecular weight excluding hydrogens is 236 g/mol. The van der Waals surface area contributed by atoms with Crippen LogP contribution in [0.15, 0.2) is 0 Å². The molecule has 0 bridgehead atoms.